The van der Waals surface area contributed by atoms with Gasteiger partial charge in [-0.05, 0) is 18.1 Å². The Kier molecular flexibility index (Phi) is 2.94. The average Bonchev–Trinajstić information content (AvgIpc) is 2.16. The number of aryl methyl sites for hydroxylation is 1. The van der Waals surface area contributed by atoms with Gasteiger partial charge in [0.05, 0.1) is 6.54 Å². The van der Waals surface area contributed by atoms with Crippen molar-refractivity contribution in [3.05, 3.63) is 29.6 Å². The summed E-state index contributed by atoms with van der Waals surface area (Å²) >= 11 is 0. The lowest BCUT2D eigenvalue weighted by molar-refractivity contribution is 0.0996. The number of carbonyl (C=O) groups is 1. The largest absolute Gasteiger partial charge is 0.324 e. The molecule has 0 atom stereocenters. The lowest BCUT2D eigenvalue weighted by Crippen LogP contribution is -2.16. The Morgan fingerprint density at radius 3 is 3.00 bits per heavy atom. The van der Waals surface area contributed by atoms with Crippen LogP contribution in [0.2, 0.25) is 0 Å². The van der Waals surface area contributed by atoms with E-state index < -0.39 is 0 Å². The molecule has 0 aliphatic rings. The molecule has 64 valence electrons. The molecule has 1 heterocycles. The molecule has 0 unspecified atom stereocenters. The molecule has 1 aromatic heterocycles. The molecule has 0 saturated heterocycles. The van der Waals surface area contributed by atoms with E-state index in [1.54, 1.807) is 6.20 Å². The van der Waals surface area contributed by atoms with Gasteiger partial charge in [0.2, 0.25) is 0 Å². The Hall–Kier alpha value is -1.22. The minimum absolute atomic E-state index is 0.0318. The van der Waals surface area contributed by atoms with Crippen LogP contribution in [0.25, 0.3) is 0 Å². The predicted octanol–water partition coefficient (Wildman–Crippen LogP) is 0.785. The third-order valence-corrected chi connectivity index (χ3v) is 1.72. The standard InChI is InChI=1S/C9H12N2O/c1-2-7-4-3-5-11-9(7)8(12)6-10/h3-5H,2,6,10H2,1H3. The van der Waals surface area contributed by atoms with E-state index in [-0.39, 0.29) is 12.3 Å². The van der Waals surface area contributed by atoms with Crippen molar-refractivity contribution in [2.45, 2.75) is 13.3 Å². The summed E-state index contributed by atoms with van der Waals surface area (Å²) in [5, 5.41) is 0. The van der Waals surface area contributed by atoms with Gasteiger partial charge in [0.1, 0.15) is 5.69 Å². The molecule has 3 nitrogen and oxygen atoms in total. The fraction of sp³-hybridized carbons (Fsp3) is 0.333. The minimum Gasteiger partial charge on any atom is -0.324 e. The smallest absolute Gasteiger partial charge is 0.194 e. The van der Waals surface area contributed by atoms with Crippen LogP contribution in [0.1, 0.15) is 23.0 Å². The number of ketones is 1. The normalized spacial score (nSPS) is 9.83. The number of hydrogen-bond acceptors (Lipinski definition) is 3. The van der Waals surface area contributed by atoms with Crippen molar-refractivity contribution >= 4 is 5.78 Å². The molecule has 3 heteroatoms. The number of Topliss-reactive ketones (excluding diaryl/α,β-unsaturated/α-hetero) is 1. The lowest BCUT2D eigenvalue weighted by atomic mass is 10.1. The van der Waals surface area contributed by atoms with Crippen LogP contribution >= 0.6 is 0 Å². The van der Waals surface area contributed by atoms with Crippen LogP contribution in [0, 0.1) is 0 Å². The molecule has 0 radical (unpaired) electrons. The van der Waals surface area contributed by atoms with Gasteiger partial charge in [-0.3, -0.25) is 9.78 Å². The number of rotatable bonds is 3. The highest BCUT2D eigenvalue weighted by atomic mass is 16.1. The van der Waals surface area contributed by atoms with Gasteiger partial charge in [0.25, 0.3) is 0 Å². The monoisotopic (exact) mass is 164 g/mol. The molecule has 1 rings (SSSR count). The molecule has 0 aromatic carbocycles. The fourth-order valence-corrected chi connectivity index (χ4v) is 1.07. The number of nitrogens with zero attached hydrogens (tertiary/aromatic N) is 1. The molecule has 0 saturated carbocycles. The van der Waals surface area contributed by atoms with E-state index in [1.165, 1.54) is 0 Å². The molecule has 0 spiro atoms. The van der Waals surface area contributed by atoms with Gasteiger partial charge in [-0.2, -0.15) is 0 Å². The van der Waals surface area contributed by atoms with E-state index in [0.717, 1.165) is 12.0 Å². The zero-order valence-electron chi connectivity index (χ0n) is 7.08. The van der Waals surface area contributed by atoms with Gasteiger partial charge in [-0.1, -0.05) is 13.0 Å². The van der Waals surface area contributed by atoms with Crippen LogP contribution in [0.5, 0.6) is 0 Å². The summed E-state index contributed by atoms with van der Waals surface area (Å²) in [6.07, 6.45) is 2.43. The first kappa shape index (κ1) is 8.87. The summed E-state index contributed by atoms with van der Waals surface area (Å²) < 4.78 is 0. The second-order valence-corrected chi connectivity index (χ2v) is 2.49. The first-order valence-electron chi connectivity index (χ1n) is 3.96. The quantitative estimate of drug-likeness (QED) is 0.672. The van der Waals surface area contributed by atoms with Crippen LogP contribution in [-0.4, -0.2) is 17.3 Å². The topological polar surface area (TPSA) is 56.0 Å². The molecule has 0 aliphatic heterocycles. The van der Waals surface area contributed by atoms with E-state index >= 15 is 0 Å². The summed E-state index contributed by atoms with van der Waals surface area (Å²) in [5.41, 5.74) is 6.72. The zero-order valence-corrected chi connectivity index (χ0v) is 7.08. The Morgan fingerprint density at radius 1 is 1.67 bits per heavy atom. The third kappa shape index (κ3) is 1.68. The van der Waals surface area contributed by atoms with Crippen molar-refractivity contribution in [3.8, 4) is 0 Å². The van der Waals surface area contributed by atoms with Gasteiger partial charge in [-0.25, -0.2) is 0 Å². The number of carbonyl (C=O) groups excluding carboxylic acids is 1. The molecule has 0 amide bonds. The highest BCUT2D eigenvalue weighted by Crippen LogP contribution is 2.05. The number of aromatic nitrogens is 1. The molecule has 0 bridgehead atoms. The van der Waals surface area contributed by atoms with Crippen molar-refractivity contribution in [1.82, 2.24) is 4.98 Å². The van der Waals surface area contributed by atoms with Crippen LogP contribution in [0.4, 0.5) is 0 Å². The Balaban J connectivity index is 3.04. The van der Waals surface area contributed by atoms with Crippen molar-refractivity contribution in [3.63, 3.8) is 0 Å². The van der Waals surface area contributed by atoms with E-state index in [0.29, 0.717) is 5.69 Å². The van der Waals surface area contributed by atoms with E-state index in [1.807, 2.05) is 19.1 Å². The van der Waals surface area contributed by atoms with E-state index in [4.69, 9.17) is 5.73 Å². The van der Waals surface area contributed by atoms with E-state index in [9.17, 15) is 4.79 Å². The predicted molar refractivity (Wildman–Crippen MR) is 47.0 cm³/mol. The molecule has 1 aromatic rings. The van der Waals surface area contributed by atoms with Crippen LogP contribution in [0.3, 0.4) is 0 Å². The number of hydrogen-bond donors (Lipinski definition) is 1. The maximum atomic E-state index is 11.2. The van der Waals surface area contributed by atoms with Crippen molar-refractivity contribution < 1.29 is 4.79 Å². The summed E-state index contributed by atoms with van der Waals surface area (Å²) in [4.78, 5) is 15.2. The second-order valence-electron chi connectivity index (χ2n) is 2.49. The Bertz CT molecular complexity index is 284. The van der Waals surface area contributed by atoms with Crippen LogP contribution < -0.4 is 5.73 Å². The SMILES string of the molecule is CCc1cccnc1C(=O)CN. The maximum absolute atomic E-state index is 11.2. The molecule has 0 fully saturated rings. The summed E-state index contributed by atoms with van der Waals surface area (Å²) in [6.45, 7) is 2.02. The van der Waals surface area contributed by atoms with Crippen LogP contribution in [0.15, 0.2) is 18.3 Å². The summed E-state index contributed by atoms with van der Waals surface area (Å²) in [7, 11) is 0. The average molecular weight is 164 g/mol. The fourth-order valence-electron chi connectivity index (χ4n) is 1.07. The number of pyridine rings is 1. The molecule has 12 heavy (non-hydrogen) atoms. The van der Waals surface area contributed by atoms with Crippen LogP contribution in [-0.2, 0) is 6.42 Å². The summed E-state index contributed by atoms with van der Waals surface area (Å²) in [6, 6.07) is 3.72. The Labute approximate surface area is 71.6 Å². The highest BCUT2D eigenvalue weighted by Gasteiger charge is 2.08. The molecular weight excluding hydrogens is 152 g/mol. The van der Waals surface area contributed by atoms with Crippen molar-refractivity contribution in [2.75, 3.05) is 6.54 Å². The summed E-state index contributed by atoms with van der Waals surface area (Å²) in [5.74, 6) is -0.0903. The van der Waals surface area contributed by atoms with Gasteiger partial charge in [0, 0.05) is 6.20 Å². The Morgan fingerprint density at radius 2 is 2.42 bits per heavy atom. The first-order valence-corrected chi connectivity index (χ1v) is 3.96. The molecular formula is C9H12N2O. The van der Waals surface area contributed by atoms with Gasteiger partial charge in [0.15, 0.2) is 5.78 Å². The van der Waals surface area contributed by atoms with Crippen molar-refractivity contribution in [1.29, 1.82) is 0 Å². The zero-order chi connectivity index (χ0) is 8.97. The van der Waals surface area contributed by atoms with Gasteiger partial charge < -0.3 is 5.73 Å². The number of nitrogens with two attached hydrogens (primary N) is 1. The second kappa shape index (κ2) is 3.97. The third-order valence-electron chi connectivity index (χ3n) is 1.72. The van der Waals surface area contributed by atoms with Gasteiger partial charge in [-0.15, -0.1) is 0 Å². The van der Waals surface area contributed by atoms with Crippen molar-refractivity contribution in [2.24, 2.45) is 5.73 Å². The highest BCUT2D eigenvalue weighted by molar-refractivity contribution is 5.96. The first-order chi connectivity index (χ1) is 5.79. The van der Waals surface area contributed by atoms with Gasteiger partial charge >= 0.3 is 0 Å². The molecule has 0 aliphatic carbocycles. The molecule has 2 N–H and O–H groups in total. The minimum atomic E-state index is -0.0903. The van der Waals surface area contributed by atoms with E-state index in [2.05, 4.69) is 4.98 Å². The lowest BCUT2D eigenvalue weighted by Gasteiger charge is -2.02. The maximum Gasteiger partial charge on any atom is 0.194 e.